The van der Waals surface area contributed by atoms with Gasteiger partial charge >= 0.3 is 0 Å². The quantitative estimate of drug-likeness (QED) is 0.632. The van der Waals surface area contributed by atoms with E-state index in [2.05, 4.69) is 24.5 Å². The number of amides is 2. The Balaban J connectivity index is 2.31. The first kappa shape index (κ1) is 20.5. The SMILES string of the molecule is CC(C)CC[C@@H](C)NC(=O)C[NH+](C)CC(=O)Nc1ccc(Cl)cc1. The van der Waals surface area contributed by atoms with Gasteiger partial charge in [0, 0.05) is 16.8 Å². The minimum Gasteiger partial charge on any atom is -0.349 e. The Labute approximate surface area is 149 Å². The van der Waals surface area contributed by atoms with E-state index in [1.165, 1.54) is 0 Å². The third kappa shape index (κ3) is 8.89. The molecule has 2 amide bonds. The van der Waals surface area contributed by atoms with Crippen LogP contribution < -0.4 is 15.5 Å². The van der Waals surface area contributed by atoms with Crippen molar-refractivity contribution in [1.82, 2.24) is 5.32 Å². The number of quaternary nitrogens is 1. The highest BCUT2D eigenvalue weighted by Crippen LogP contribution is 2.12. The molecule has 0 bridgehead atoms. The first-order chi connectivity index (χ1) is 11.3. The maximum absolute atomic E-state index is 12.0. The van der Waals surface area contributed by atoms with Crippen LogP contribution in [0.5, 0.6) is 0 Å². The van der Waals surface area contributed by atoms with E-state index in [0.29, 0.717) is 16.6 Å². The van der Waals surface area contributed by atoms with E-state index < -0.39 is 0 Å². The van der Waals surface area contributed by atoms with Crippen molar-refractivity contribution in [2.24, 2.45) is 5.92 Å². The van der Waals surface area contributed by atoms with Gasteiger partial charge in [-0.25, -0.2) is 0 Å². The standard InChI is InChI=1S/C18H28ClN3O2/c1-13(2)5-6-14(3)20-17(23)11-22(4)12-18(24)21-16-9-7-15(19)8-10-16/h7-10,13-14H,5-6,11-12H2,1-4H3,(H,20,23)(H,21,24)/p+1/t14-/m1/s1. The Morgan fingerprint density at radius 3 is 2.21 bits per heavy atom. The minimum atomic E-state index is -0.129. The van der Waals surface area contributed by atoms with E-state index in [9.17, 15) is 9.59 Å². The summed E-state index contributed by atoms with van der Waals surface area (Å²) in [4.78, 5) is 24.8. The van der Waals surface area contributed by atoms with E-state index in [1.807, 2.05) is 14.0 Å². The van der Waals surface area contributed by atoms with Gasteiger partial charge in [-0.15, -0.1) is 0 Å². The number of halogens is 1. The van der Waals surface area contributed by atoms with Crippen LogP contribution in [0.25, 0.3) is 0 Å². The second kappa shape index (κ2) is 10.3. The molecule has 0 aliphatic rings. The van der Waals surface area contributed by atoms with Crippen LogP contribution >= 0.6 is 11.6 Å². The van der Waals surface area contributed by atoms with Gasteiger partial charge in [0.25, 0.3) is 11.8 Å². The van der Waals surface area contributed by atoms with Crippen molar-refractivity contribution in [2.75, 3.05) is 25.5 Å². The van der Waals surface area contributed by atoms with Gasteiger partial charge in [0.2, 0.25) is 0 Å². The number of hydrogen-bond acceptors (Lipinski definition) is 2. The zero-order valence-electron chi connectivity index (χ0n) is 15.0. The molecule has 5 nitrogen and oxygen atoms in total. The monoisotopic (exact) mass is 354 g/mol. The smallest absolute Gasteiger partial charge is 0.279 e. The lowest BCUT2D eigenvalue weighted by atomic mass is 10.0. The van der Waals surface area contributed by atoms with Gasteiger partial charge in [0.1, 0.15) is 0 Å². The first-order valence-electron chi connectivity index (χ1n) is 8.42. The van der Waals surface area contributed by atoms with Crippen LogP contribution in [-0.2, 0) is 9.59 Å². The maximum Gasteiger partial charge on any atom is 0.279 e. The van der Waals surface area contributed by atoms with Crippen molar-refractivity contribution in [3.63, 3.8) is 0 Å². The molecule has 1 aromatic rings. The van der Waals surface area contributed by atoms with Gasteiger partial charge in [-0.2, -0.15) is 0 Å². The summed E-state index contributed by atoms with van der Waals surface area (Å²) >= 11 is 5.81. The van der Waals surface area contributed by atoms with Crippen LogP contribution in [0, 0.1) is 5.92 Å². The molecule has 1 rings (SSSR count). The molecule has 0 saturated heterocycles. The van der Waals surface area contributed by atoms with Crippen molar-refractivity contribution in [3.8, 4) is 0 Å². The Morgan fingerprint density at radius 1 is 1.04 bits per heavy atom. The number of hydrogen-bond donors (Lipinski definition) is 3. The van der Waals surface area contributed by atoms with Crippen LogP contribution in [0.15, 0.2) is 24.3 Å². The summed E-state index contributed by atoms with van der Waals surface area (Å²) in [5, 5.41) is 6.41. The van der Waals surface area contributed by atoms with Crippen molar-refractivity contribution in [3.05, 3.63) is 29.3 Å². The summed E-state index contributed by atoms with van der Waals surface area (Å²) in [6.07, 6.45) is 2.06. The molecule has 0 radical (unpaired) electrons. The third-order valence-corrected chi connectivity index (χ3v) is 3.89. The fourth-order valence-electron chi connectivity index (χ4n) is 2.33. The molecular formula is C18H29ClN3O2+. The van der Waals surface area contributed by atoms with Crippen molar-refractivity contribution >= 4 is 29.1 Å². The number of benzene rings is 1. The molecule has 0 aromatic heterocycles. The van der Waals surface area contributed by atoms with Gasteiger partial charge in [0.15, 0.2) is 13.1 Å². The molecule has 24 heavy (non-hydrogen) atoms. The number of carbonyl (C=O) groups is 2. The number of carbonyl (C=O) groups excluding carboxylic acids is 2. The number of rotatable bonds is 9. The highest BCUT2D eigenvalue weighted by molar-refractivity contribution is 6.30. The minimum absolute atomic E-state index is 0.0250. The third-order valence-electron chi connectivity index (χ3n) is 3.64. The zero-order chi connectivity index (χ0) is 18.1. The van der Waals surface area contributed by atoms with Crippen LogP contribution in [0.4, 0.5) is 5.69 Å². The molecule has 0 saturated carbocycles. The van der Waals surface area contributed by atoms with E-state index in [1.54, 1.807) is 24.3 Å². The summed E-state index contributed by atoms with van der Waals surface area (Å²) < 4.78 is 0. The summed E-state index contributed by atoms with van der Waals surface area (Å²) in [6.45, 7) is 6.87. The Bertz CT molecular complexity index is 532. The molecule has 0 spiro atoms. The van der Waals surface area contributed by atoms with Gasteiger partial charge in [0.05, 0.1) is 7.05 Å². The highest BCUT2D eigenvalue weighted by atomic mass is 35.5. The molecule has 1 unspecified atom stereocenters. The van der Waals surface area contributed by atoms with E-state index in [4.69, 9.17) is 11.6 Å². The van der Waals surface area contributed by atoms with Crippen molar-refractivity contribution in [2.45, 2.75) is 39.7 Å². The average Bonchev–Trinajstić information content (AvgIpc) is 2.47. The fourth-order valence-corrected chi connectivity index (χ4v) is 2.46. The van der Waals surface area contributed by atoms with Gasteiger partial charge < -0.3 is 15.5 Å². The molecule has 134 valence electrons. The van der Waals surface area contributed by atoms with Crippen molar-refractivity contribution < 1.29 is 14.5 Å². The largest absolute Gasteiger partial charge is 0.349 e. The fraction of sp³-hybridized carbons (Fsp3) is 0.556. The molecule has 0 heterocycles. The number of nitrogens with one attached hydrogen (secondary N) is 3. The van der Waals surface area contributed by atoms with Gasteiger partial charge in [-0.05, 0) is 49.9 Å². The lowest BCUT2D eigenvalue weighted by Crippen LogP contribution is -3.11. The lowest BCUT2D eigenvalue weighted by molar-refractivity contribution is -0.862. The normalized spacial score (nSPS) is 13.4. The summed E-state index contributed by atoms with van der Waals surface area (Å²) in [7, 11) is 1.83. The summed E-state index contributed by atoms with van der Waals surface area (Å²) in [5.41, 5.74) is 0.698. The second-order valence-electron chi connectivity index (χ2n) is 6.81. The van der Waals surface area contributed by atoms with E-state index >= 15 is 0 Å². The van der Waals surface area contributed by atoms with Crippen LogP contribution in [0.1, 0.15) is 33.6 Å². The van der Waals surface area contributed by atoms with Crippen LogP contribution in [0.2, 0.25) is 5.02 Å². The Kier molecular flexibility index (Phi) is 8.79. The second-order valence-corrected chi connectivity index (χ2v) is 7.24. The van der Waals surface area contributed by atoms with E-state index in [-0.39, 0.29) is 30.9 Å². The molecule has 3 N–H and O–H groups in total. The first-order valence-corrected chi connectivity index (χ1v) is 8.80. The molecule has 0 aliphatic heterocycles. The zero-order valence-corrected chi connectivity index (χ0v) is 15.7. The highest BCUT2D eigenvalue weighted by Gasteiger charge is 2.16. The molecule has 1 aromatic carbocycles. The number of anilines is 1. The van der Waals surface area contributed by atoms with Gasteiger partial charge in [-0.3, -0.25) is 9.59 Å². The Morgan fingerprint density at radius 2 is 1.62 bits per heavy atom. The predicted octanol–water partition coefficient (Wildman–Crippen LogP) is 1.73. The molecular weight excluding hydrogens is 326 g/mol. The summed E-state index contributed by atoms with van der Waals surface area (Å²) in [5.74, 6) is 0.479. The van der Waals surface area contributed by atoms with Gasteiger partial charge in [-0.1, -0.05) is 25.4 Å². The van der Waals surface area contributed by atoms with Crippen molar-refractivity contribution in [1.29, 1.82) is 0 Å². The molecule has 2 atom stereocenters. The van der Waals surface area contributed by atoms with Crippen LogP contribution in [-0.4, -0.2) is 38.0 Å². The summed E-state index contributed by atoms with van der Waals surface area (Å²) in [6, 6.07) is 7.10. The molecule has 0 aliphatic carbocycles. The molecule has 6 heteroatoms. The average molecular weight is 355 g/mol. The van der Waals surface area contributed by atoms with Crippen LogP contribution in [0.3, 0.4) is 0 Å². The predicted molar refractivity (Wildman–Crippen MR) is 98.4 cm³/mol. The maximum atomic E-state index is 12.0. The lowest BCUT2D eigenvalue weighted by Gasteiger charge is -2.17. The number of likely N-dealkylation sites (N-methyl/N-ethyl adjacent to an activating group) is 1. The topological polar surface area (TPSA) is 62.6 Å². The Hall–Kier alpha value is -1.59. The molecule has 0 fully saturated rings. The van der Waals surface area contributed by atoms with E-state index in [0.717, 1.165) is 17.7 Å².